The van der Waals surface area contributed by atoms with E-state index < -0.39 is 4.92 Å². The van der Waals surface area contributed by atoms with Crippen LogP contribution in [0.5, 0.6) is 0 Å². The number of hydrogen-bond acceptors (Lipinski definition) is 5. The number of carbonyl (C=O) groups is 1. The number of non-ortho nitro benzene ring substituents is 1. The molecule has 1 aliphatic heterocycles. The fraction of sp³-hybridized carbons (Fsp3) is 0.444. The molecule has 0 radical (unpaired) electrons. The van der Waals surface area contributed by atoms with Crippen LogP contribution in [0.2, 0.25) is 0 Å². The van der Waals surface area contributed by atoms with Crippen molar-refractivity contribution in [2.24, 2.45) is 5.92 Å². The second-order valence-corrected chi connectivity index (χ2v) is 6.38. The van der Waals surface area contributed by atoms with Crippen LogP contribution in [0.4, 0.5) is 11.5 Å². The van der Waals surface area contributed by atoms with Crippen LogP contribution in [0.3, 0.4) is 0 Å². The number of carbonyl (C=O) groups excluding carboxylic acids is 1. The Labute approximate surface area is 146 Å². The number of benzene rings is 1. The van der Waals surface area contributed by atoms with Crippen LogP contribution in [0.1, 0.15) is 26.2 Å². The molecule has 0 spiro atoms. The monoisotopic (exact) mass is 342 g/mol. The van der Waals surface area contributed by atoms with E-state index in [0.29, 0.717) is 13.1 Å². The molecule has 1 atom stereocenters. The number of pyridine rings is 1. The molecule has 7 nitrogen and oxygen atoms in total. The Morgan fingerprint density at radius 3 is 3.00 bits per heavy atom. The van der Waals surface area contributed by atoms with Crippen molar-refractivity contribution < 1.29 is 9.72 Å². The summed E-state index contributed by atoms with van der Waals surface area (Å²) < 4.78 is 0. The summed E-state index contributed by atoms with van der Waals surface area (Å²) in [6.07, 6.45) is 2.77. The van der Waals surface area contributed by atoms with E-state index in [-0.39, 0.29) is 17.5 Å². The van der Waals surface area contributed by atoms with Crippen molar-refractivity contribution in [3.63, 3.8) is 0 Å². The lowest BCUT2D eigenvalue weighted by molar-refractivity contribution is -0.384. The zero-order valence-corrected chi connectivity index (χ0v) is 14.3. The number of nitrogens with zero attached hydrogens (tertiary/aromatic N) is 3. The number of fused-ring (bicyclic) bond motifs is 1. The summed E-state index contributed by atoms with van der Waals surface area (Å²) in [6, 6.07) is 8.40. The minimum Gasteiger partial charge on any atom is -0.356 e. The van der Waals surface area contributed by atoms with Gasteiger partial charge in [-0.1, -0.05) is 6.92 Å². The quantitative estimate of drug-likeness (QED) is 0.667. The van der Waals surface area contributed by atoms with Gasteiger partial charge in [0.05, 0.1) is 16.4 Å². The number of aromatic nitrogens is 1. The summed E-state index contributed by atoms with van der Waals surface area (Å²) in [5.41, 5.74) is 0.785. The first kappa shape index (κ1) is 17.1. The highest BCUT2D eigenvalue weighted by Gasteiger charge is 2.26. The highest BCUT2D eigenvalue weighted by molar-refractivity contribution is 5.83. The second-order valence-electron chi connectivity index (χ2n) is 6.38. The molecule has 1 amide bonds. The molecule has 1 fully saturated rings. The Morgan fingerprint density at radius 1 is 1.40 bits per heavy atom. The third kappa shape index (κ3) is 3.87. The Morgan fingerprint density at radius 2 is 2.24 bits per heavy atom. The van der Waals surface area contributed by atoms with Gasteiger partial charge >= 0.3 is 0 Å². The molecule has 1 aliphatic rings. The van der Waals surface area contributed by atoms with E-state index in [0.717, 1.165) is 42.5 Å². The van der Waals surface area contributed by atoms with Crippen molar-refractivity contribution in [2.45, 2.75) is 26.2 Å². The van der Waals surface area contributed by atoms with Gasteiger partial charge < -0.3 is 10.2 Å². The maximum absolute atomic E-state index is 12.2. The van der Waals surface area contributed by atoms with E-state index >= 15 is 0 Å². The Kier molecular flexibility index (Phi) is 5.11. The lowest BCUT2D eigenvalue weighted by Gasteiger charge is -2.33. The maximum atomic E-state index is 12.2. The highest BCUT2D eigenvalue weighted by Crippen LogP contribution is 2.26. The highest BCUT2D eigenvalue weighted by atomic mass is 16.6. The van der Waals surface area contributed by atoms with Gasteiger partial charge in [0.15, 0.2) is 0 Å². The third-order valence-corrected chi connectivity index (χ3v) is 4.53. The van der Waals surface area contributed by atoms with E-state index in [9.17, 15) is 14.9 Å². The predicted octanol–water partition coefficient (Wildman–Crippen LogP) is 2.89. The molecule has 3 rings (SSSR count). The number of nitro benzene ring substituents is 1. The van der Waals surface area contributed by atoms with Crippen molar-refractivity contribution in [1.82, 2.24) is 10.3 Å². The minimum atomic E-state index is -0.405. The van der Waals surface area contributed by atoms with E-state index in [2.05, 4.69) is 15.2 Å². The molecular formula is C18H22N4O3. The summed E-state index contributed by atoms with van der Waals surface area (Å²) >= 11 is 0. The van der Waals surface area contributed by atoms with Gasteiger partial charge in [0.25, 0.3) is 5.69 Å². The topological polar surface area (TPSA) is 88.4 Å². The number of hydrogen-bond donors (Lipinski definition) is 1. The van der Waals surface area contributed by atoms with Crippen molar-refractivity contribution in [3.05, 3.63) is 40.4 Å². The van der Waals surface area contributed by atoms with Crippen molar-refractivity contribution >= 4 is 28.3 Å². The van der Waals surface area contributed by atoms with Gasteiger partial charge in [-0.05, 0) is 37.5 Å². The Balaban J connectivity index is 1.77. The molecule has 2 aromatic rings. The summed E-state index contributed by atoms with van der Waals surface area (Å²) in [5, 5.41) is 14.6. The van der Waals surface area contributed by atoms with Crippen molar-refractivity contribution in [1.29, 1.82) is 0 Å². The molecule has 25 heavy (non-hydrogen) atoms. The van der Waals surface area contributed by atoms with Crippen LogP contribution in [0.25, 0.3) is 10.9 Å². The fourth-order valence-electron chi connectivity index (χ4n) is 3.18. The zero-order valence-electron chi connectivity index (χ0n) is 14.3. The van der Waals surface area contributed by atoms with E-state index in [4.69, 9.17) is 0 Å². The normalized spacial score (nSPS) is 17.5. The van der Waals surface area contributed by atoms with Gasteiger partial charge in [-0.2, -0.15) is 0 Å². The van der Waals surface area contributed by atoms with Crippen molar-refractivity contribution in [2.75, 3.05) is 24.5 Å². The minimum absolute atomic E-state index is 0.0188. The third-order valence-electron chi connectivity index (χ3n) is 4.53. The Hall–Kier alpha value is -2.70. The molecule has 1 saturated heterocycles. The molecule has 1 aromatic heterocycles. The molecule has 0 aliphatic carbocycles. The first-order valence-corrected chi connectivity index (χ1v) is 8.66. The molecule has 2 heterocycles. The summed E-state index contributed by atoms with van der Waals surface area (Å²) in [4.78, 5) is 29.4. The SMILES string of the molecule is CCCNC(=O)C1CCCN(c2ccc3cc([N+](=O)[O-])ccc3n2)C1. The molecule has 0 saturated carbocycles. The van der Waals surface area contributed by atoms with Gasteiger partial charge in [-0.25, -0.2) is 4.98 Å². The second kappa shape index (κ2) is 7.46. The molecule has 0 bridgehead atoms. The molecule has 132 valence electrons. The van der Waals surface area contributed by atoms with E-state index in [1.807, 2.05) is 19.1 Å². The largest absolute Gasteiger partial charge is 0.356 e. The number of amides is 1. The molecular weight excluding hydrogens is 320 g/mol. The van der Waals surface area contributed by atoms with E-state index in [1.165, 1.54) is 12.1 Å². The molecule has 1 aromatic carbocycles. The number of anilines is 1. The van der Waals surface area contributed by atoms with Crippen molar-refractivity contribution in [3.8, 4) is 0 Å². The number of rotatable bonds is 5. The van der Waals surface area contributed by atoms with E-state index in [1.54, 1.807) is 6.07 Å². The molecule has 1 unspecified atom stereocenters. The van der Waals surface area contributed by atoms with Gasteiger partial charge in [0, 0.05) is 37.2 Å². The molecule has 1 N–H and O–H groups in total. The van der Waals surface area contributed by atoms with Gasteiger partial charge in [-0.15, -0.1) is 0 Å². The predicted molar refractivity (Wildman–Crippen MR) is 96.6 cm³/mol. The van der Waals surface area contributed by atoms with Crippen LogP contribution in [0.15, 0.2) is 30.3 Å². The summed E-state index contributed by atoms with van der Waals surface area (Å²) in [5.74, 6) is 0.909. The number of nitrogens with one attached hydrogen (secondary N) is 1. The first-order valence-electron chi connectivity index (χ1n) is 8.66. The summed E-state index contributed by atoms with van der Waals surface area (Å²) in [6.45, 7) is 4.27. The van der Waals surface area contributed by atoms with Gasteiger partial charge in [0.1, 0.15) is 5.82 Å². The lowest BCUT2D eigenvalue weighted by atomic mass is 9.97. The van der Waals surface area contributed by atoms with Crippen LogP contribution in [0, 0.1) is 16.0 Å². The van der Waals surface area contributed by atoms with Crippen LogP contribution in [-0.2, 0) is 4.79 Å². The number of nitro groups is 1. The van der Waals surface area contributed by atoms with Gasteiger partial charge in [-0.3, -0.25) is 14.9 Å². The zero-order chi connectivity index (χ0) is 17.8. The van der Waals surface area contributed by atoms with Gasteiger partial charge in [0.2, 0.25) is 5.91 Å². The maximum Gasteiger partial charge on any atom is 0.270 e. The first-order chi connectivity index (χ1) is 12.1. The smallest absolute Gasteiger partial charge is 0.270 e. The average Bonchev–Trinajstić information content (AvgIpc) is 2.65. The standard InChI is InChI=1S/C18H22N4O3/c1-2-9-19-18(23)14-4-3-10-21(12-14)17-8-5-13-11-15(22(24)25)6-7-16(13)20-17/h5-8,11,14H,2-4,9-10,12H2,1H3,(H,19,23). The Bertz CT molecular complexity index is 793. The van der Waals surface area contributed by atoms with Crippen LogP contribution in [-0.4, -0.2) is 35.4 Å². The van der Waals surface area contributed by atoms with Crippen LogP contribution >= 0.6 is 0 Å². The average molecular weight is 342 g/mol. The van der Waals surface area contributed by atoms with Crippen LogP contribution < -0.4 is 10.2 Å². The lowest BCUT2D eigenvalue weighted by Crippen LogP contribution is -2.43. The summed E-state index contributed by atoms with van der Waals surface area (Å²) in [7, 11) is 0. The number of piperidine rings is 1. The molecule has 7 heteroatoms. The fourth-order valence-corrected chi connectivity index (χ4v) is 3.18.